The van der Waals surface area contributed by atoms with Gasteiger partial charge in [0.05, 0.1) is 23.3 Å². The Balaban J connectivity index is 1.60. The molecule has 0 radical (unpaired) electrons. The summed E-state index contributed by atoms with van der Waals surface area (Å²) in [6, 6.07) is 0. The average molecular weight is 480 g/mol. The molecule has 2 aromatic carbocycles. The van der Waals surface area contributed by atoms with Crippen molar-refractivity contribution < 1.29 is 55.2 Å². The number of aliphatic hydroxyl groups is 2. The third-order valence-electron chi connectivity index (χ3n) is 5.83. The second-order valence-electron chi connectivity index (χ2n) is 7.82. The first kappa shape index (κ1) is 23.3. The van der Waals surface area contributed by atoms with Crippen LogP contribution in [0, 0.1) is 52.6 Å². The van der Waals surface area contributed by atoms with Crippen LogP contribution in [0.5, 0.6) is 5.75 Å². The molecule has 178 valence electrons. The Hall–Kier alpha value is -2.86. The monoisotopic (exact) mass is 480 g/mol. The fraction of sp³-hybridized carbons (Fsp3) is 0.381. The van der Waals surface area contributed by atoms with Gasteiger partial charge in [0.2, 0.25) is 5.82 Å². The predicted molar refractivity (Wildman–Crippen MR) is 96.4 cm³/mol. The van der Waals surface area contributed by atoms with Gasteiger partial charge < -0.3 is 19.7 Å². The lowest BCUT2D eigenvalue weighted by molar-refractivity contribution is -0.141. The van der Waals surface area contributed by atoms with E-state index in [4.69, 9.17) is 9.47 Å². The van der Waals surface area contributed by atoms with E-state index in [1.807, 2.05) is 0 Å². The van der Waals surface area contributed by atoms with Crippen molar-refractivity contribution in [1.82, 2.24) is 0 Å². The molecule has 12 heteroatoms. The summed E-state index contributed by atoms with van der Waals surface area (Å²) in [5.74, 6) is -18.9. The van der Waals surface area contributed by atoms with E-state index in [9.17, 15) is 45.7 Å². The van der Waals surface area contributed by atoms with Crippen molar-refractivity contribution in [3.8, 4) is 5.75 Å². The van der Waals surface area contributed by atoms with Gasteiger partial charge in [-0.3, -0.25) is 4.79 Å². The van der Waals surface area contributed by atoms with E-state index in [0.29, 0.717) is 0 Å². The van der Waals surface area contributed by atoms with Crippen molar-refractivity contribution in [2.24, 2.45) is 11.8 Å². The van der Waals surface area contributed by atoms with E-state index in [-0.39, 0.29) is 18.8 Å². The first-order chi connectivity index (χ1) is 15.5. The van der Waals surface area contributed by atoms with Crippen LogP contribution in [0.1, 0.15) is 12.8 Å². The van der Waals surface area contributed by atoms with E-state index in [1.165, 1.54) is 6.08 Å². The molecule has 4 rings (SSSR count). The number of carbonyl (C=O) groups excluding carboxylic acids is 1. The highest BCUT2D eigenvalue weighted by molar-refractivity contribution is 5.90. The minimum atomic E-state index is -2.43. The lowest BCUT2D eigenvalue weighted by Gasteiger charge is -2.17. The number of carbonyl (C=O) groups is 1. The molecule has 2 N–H and O–H groups in total. The molecule has 0 amide bonds. The summed E-state index contributed by atoms with van der Waals surface area (Å²) in [6.45, 7) is -0.917. The normalized spacial score (nSPS) is 25.7. The van der Waals surface area contributed by atoms with Crippen LogP contribution in [0.3, 0.4) is 0 Å². The summed E-state index contributed by atoms with van der Waals surface area (Å²) >= 11 is 0. The minimum Gasteiger partial charge on any atom is -0.487 e. The van der Waals surface area contributed by atoms with E-state index in [2.05, 4.69) is 0 Å². The fourth-order valence-electron chi connectivity index (χ4n) is 4.27. The topological polar surface area (TPSA) is 76.0 Å². The molecule has 5 nitrogen and oxygen atoms in total. The van der Waals surface area contributed by atoms with Crippen LogP contribution in [0.25, 0.3) is 10.8 Å². The Bertz CT molecular complexity index is 1160. The zero-order chi connectivity index (χ0) is 24.2. The predicted octanol–water partition coefficient (Wildman–Crippen LogP) is 3.42. The number of aliphatic hydroxyl groups excluding tert-OH is 2. The second-order valence-corrected chi connectivity index (χ2v) is 7.82. The van der Waals surface area contributed by atoms with Gasteiger partial charge in [-0.1, -0.05) is 12.2 Å². The number of fused-ring (bicyclic) bond motifs is 2. The maximum atomic E-state index is 14.2. The smallest absolute Gasteiger partial charge is 0.306 e. The number of hydrogen-bond acceptors (Lipinski definition) is 5. The van der Waals surface area contributed by atoms with Gasteiger partial charge in [0.1, 0.15) is 18.8 Å². The number of esters is 1. The number of benzene rings is 2. The summed E-state index contributed by atoms with van der Waals surface area (Å²) in [7, 11) is 0. The Kier molecular flexibility index (Phi) is 5.99. The molecule has 2 fully saturated rings. The van der Waals surface area contributed by atoms with Crippen LogP contribution >= 0.6 is 0 Å². The Labute approximate surface area is 181 Å². The van der Waals surface area contributed by atoms with Crippen molar-refractivity contribution in [1.29, 1.82) is 0 Å². The van der Waals surface area contributed by atoms with E-state index >= 15 is 0 Å². The van der Waals surface area contributed by atoms with Crippen LogP contribution in [0.2, 0.25) is 0 Å². The lowest BCUT2D eigenvalue weighted by Crippen LogP contribution is -2.20. The van der Waals surface area contributed by atoms with E-state index < -0.39 is 94.0 Å². The van der Waals surface area contributed by atoms with Gasteiger partial charge in [-0.25, -0.2) is 26.3 Å². The van der Waals surface area contributed by atoms with Crippen LogP contribution in [0.15, 0.2) is 12.2 Å². The van der Waals surface area contributed by atoms with Gasteiger partial charge in [0.25, 0.3) is 0 Å². The zero-order valence-corrected chi connectivity index (χ0v) is 16.4. The van der Waals surface area contributed by atoms with Crippen molar-refractivity contribution >= 4 is 16.7 Å². The van der Waals surface area contributed by atoms with Crippen molar-refractivity contribution in [3.63, 3.8) is 0 Å². The molecule has 2 aliphatic rings. The molecule has 0 spiro atoms. The second kappa shape index (κ2) is 8.49. The van der Waals surface area contributed by atoms with Gasteiger partial charge in [-0.05, 0) is 0 Å². The third-order valence-corrected chi connectivity index (χ3v) is 5.83. The lowest BCUT2D eigenvalue weighted by atomic mass is 9.91. The number of ether oxygens (including phenoxy) is 2. The Morgan fingerprint density at radius 1 is 0.939 bits per heavy atom. The number of rotatable bonds is 5. The Morgan fingerprint density at radius 2 is 1.52 bits per heavy atom. The molecule has 33 heavy (non-hydrogen) atoms. The summed E-state index contributed by atoms with van der Waals surface area (Å²) in [5, 5.41) is 17.0. The average Bonchev–Trinajstić information content (AvgIpc) is 3.26. The number of halogens is 7. The van der Waals surface area contributed by atoms with Crippen LogP contribution in [-0.2, 0) is 9.53 Å². The molecular formula is C21H15F7O5. The third kappa shape index (κ3) is 3.80. The minimum absolute atomic E-state index is 0.0579. The summed E-state index contributed by atoms with van der Waals surface area (Å²) in [6.07, 6.45) is -0.239. The Morgan fingerprint density at radius 3 is 2.15 bits per heavy atom. The first-order valence-corrected chi connectivity index (χ1v) is 9.71. The molecule has 1 saturated carbocycles. The van der Waals surface area contributed by atoms with Crippen LogP contribution < -0.4 is 4.74 Å². The molecule has 1 aliphatic heterocycles. The zero-order valence-electron chi connectivity index (χ0n) is 16.4. The van der Waals surface area contributed by atoms with Crippen molar-refractivity contribution in [3.05, 3.63) is 52.9 Å². The molecule has 0 unspecified atom stereocenters. The van der Waals surface area contributed by atoms with Gasteiger partial charge in [0.15, 0.2) is 40.7 Å². The molecule has 5 atom stereocenters. The fourth-order valence-corrected chi connectivity index (χ4v) is 4.27. The van der Waals surface area contributed by atoms with Crippen LogP contribution in [-0.4, -0.2) is 41.1 Å². The molecular weight excluding hydrogens is 465 g/mol. The van der Waals surface area contributed by atoms with Gasteiger partial charge in [0, 0.05) is 18.3 Å². The molecule has 2 aromatic rings. The largest absolute Gasteiger partial charge is 0.487 e. The highest BCUT2D eigenvalue weighted by atomic mass is 19.2. The summed E-state index contributed by atoms with van der Waals surface area (Å²) in [4.78, 5) is 11.4. The highest BCUT2D eigenvalue weighted by Gasteiger charge is 2.48. The molecule has 0 bridgehead atoms. The first-order valence-electron chi connectivity index (χ1n) is 9.71. The molecule has 1 saturated heterocycles. The highest BCUT2D eigenvalue weighted by Crippen LogP contribution is 2.42. The summed E-state index contributed by atoms with van der Waals surface area (Å²) < 4.78 is 107. The van der Waals surface area contributed by atoms with Crippen molar-refractivity contribution in [2.45, 2.75) is 31.2 Å². The van der Waals surface area contributed by atoms with E-state index in [1.54, 1.807) is 0 Å². The summed E-state index contributed by atoms with van der Waals surface area (Å²) in [5.41, 5.74) is 0. The maximum absolute atomic E-state index is 14.2. The van der Waals surface area contributed by atoms with Gasteiger partial charge in [-0.15, -0.1) is 0 Å². The number of hydrogen-bond donors (Lipinski definition) is 2. The quantitative estimate of drug-likeness (QED) is 0.226. The van der Waals surface area contributed by atoms with Crippen molar-refractivity contribution in [2.75, 3.05) is 6.61 Å². The molecule has 0 aromatic heterocycles. The van der Waals surface area contributed by atoms with Crippen LogP contribution in [0.4, 0.5) is 30.7 Å². The maximum Gasteiger partial charge on any atom is 0.306 e. The molecule has 1 heterocycles. The SMILES string of the molecule is O=C1C[C@@H]2[C@@H](/C=C/[C@@H](O)COc3c(F)c(F)c(F)c4c(F)c(F)c(F)c(F)c34)[C@H](O)C[C@@H]2O1. The van der Waals surface area contributed by atoms with E-state index in [0.717, 1.165) is 6.08 Å². The van der Waals surface area contributed by atoms with Gasteiger partial charge in [-0.2, -0.15) is 4.39 Å². The van der Waals surface area contributed by atoms with Gasteiger partial charge >= 0.3 is 5.97 Å². The standard InChI is InChI=1S/C21H15F7O5/c22-14-12-13(16(24)18(26)17(14)25)21(20(28)19(27)15(12)23)32-5-6(29)1-2-7-8-3-11(31)33-10(8)4-9(7)30/h1-2,6-10,29-30H,3-5H2/b2-1+/t6-,7-,8-,9-,10+/m1/s1. The molecule has 1 aliphatic carbocycles.